The first kappa shape index (κ1) is 42.5. The maximum atomic E-state index is 12.5. The van der Waals surface area contributed by atoms with Crippen LogP contribution >= 0.6 is 0 Å². The molecule has 0 bridgehead atoms. The zero-order chi connectivity index (χ0) is 42.2. The van der Waals surface area contributed by atoms with Crippen molar-refractivity contribution in [3.8, 4) is 18.2 Å². The van der Waals surface area contributed by atoms with Gasteiger partial charge in [-0.25, -0.2) is 29.3 Å². The van der Waals surface area contributed by atoms with Crippen molar-refractivity contribution in [2.75, 3.05) is 32.8 Å². The number of allylic oxidation sites excluding steroid dienone is 12. The molecule has 2 atom stereocenters. The number of aromatic carboxylic acids is 2. The minimum atomic E-state index is -1.15. The van der Waals surface area contributed by atoms with Gasteiger partial charge in [-0.15, -0.1) is 0 Å². The molecule has 2 aliphatic rings. The van der Waals surface area contributed by atoms with Gasteiger partial charge in [-0.1, -0.05) is 54.6 Å². The quantitative estimate of drug-likeness (QED) is 0.0788. The highest BCUT2D eigenvalue weighted by Gasteiger charge is 2.29. The van der Waals surface area contributed by atoms with Crippen LogP contribution in [-0.2, 0) is 4.74 Å². The number of hydrogen-bond donors (Lipinski definition) is 3. The maximum absolute atomic E-state index is 12.5. The summed E-state index contributed by atoms with van der Waals surface area (Å²) in [6.45, 7) is 18.9. The van der Waals surface area contributed by atoms with E-state index in [2.05, 4.69) is 32.6 Å². The van der Waals surface area contributed by atoms with E-state index in [-0.39, 0.29) is 40.3 Å². The summed E-state index contributed by atoms with van der Waals surface area (Å²) < 4.78 is 5.19. The second kappa shape index (κ2) is 20.5. The molecule has 58 heavy (non-hydrogen) atoms. The topological polar surface area (TPSA) is 211 Å². The predicted molar refractivity (Wildman–Crippen MR) is 212 cm³/mol. The Hall–Kier alpha value is -8.21. The monoisotopic (exact) mass is 772 g/mol. The van der Waals surface area contributed by atoms with E-state index in [1.165, 1.54) is 54.6 Å². The second-order valence-corrected chi connectivity index (χ2v) is 12.7. The van der Waals surface area contributed by atoms with Gasteiger partial charge in [0.2, 0.25) is 5.70 Å². The molecule has 1 aliphatic carbocycles. The second-order valence-electron chi connectivity index (χ2n) is 12.7. The van der Waals surface area contributed by atoms with Gasteiger partial charge in [0, 0.05) is 43.4 Å². The van der Waals surface area contributed by atoms with Crippen LogP contribution in [0.2, 0.25) is 0 Å². The number of piperazine rings is 1. The number of carbonyl (C=O) groups is 3. The zero-order valence-electron chi connectivity index (χ0n) is 31.3. The Balaban J connectivity index is 1.75. The van der Waals surface area contributed by atoms with E-state index in [0.29, 0.717) is 50.1 Å². The summed E-state index contributed by atoms with van der Waals surface area (Å²) in [4.78, 5) is 45.8. The van der Waals surface area contributed by atoms with Crippen molar-refractivity contribution in [1.82, 2.24) is 9.80 Å². The molecule has 1 fully saturated rings. The van der Waals surface area contributed by atoms with Crippen molar-refractivity contribution in [3.05, 3.63) is 164 Å². The number of carboxylic acids is 2. The van der Waals surface area contributed by atoms with Crippen LogP contribution in [0.5, 0.6) is 0 Å². The molecule has 1 amide bonds. The van der Waals surface area contributed by atoms with Gasteiger partial charge in [0.25, 0.3) is 5.70 Å². The number of amides is 1. The molecular formula is C44H36N8O6. The lowest BCUT2D eigenvalue weighted by atomic mass is 9.84. The van der Waals surface area contributed by atoms with Crippen molar-refractivity contribution in [2.24, 2.45) is 5.92 Å². The molecule has 0 spiro atoms. The molecule has 2 aromatic rings. The molecule has 4 rings (SSSR count). The number of hydrogen-bond acceptors (Lipinski definition) is 9. The molecule has 1 heterocycles. The van der Waals surface area contributed by atoms with Gasteiger partial charge in [-0.3, -0.25) is 5.41 Å². The Morgan fingerprint density at radius 3 is 2.03 bits per heavy atom. The van der Waals surface area contributed by atoms with E-state index in [9.17, 15) is 40.4 Å². The summed E-state index contributed by atoms with van der Waals surface area (Å²) in [5, 5.41) is 56.5. The first-order chi connectivity index (χ1) is 28.0. The number of carboxylic acid groups (broad SMARTS) is 2. The molecule has 3 N–H and O–H groups in total. The normalized spacial score (nSPS) is 16.3. The molecule has 2 unspecified atom stereocenters. The third-order valence-corrected chi connectivity index (χ3v) is 9.40. The van der Waals surface area contributed by atoms with Gasteiger partial charge in [0.15, 0.2) is 0 Å². The van der Waals surface area contributed by atoms with Crippen LogP contribution in [0.3, 0.4) is 0 Å². The fourth-order valence-corrected chi connectivity index (χ4v) is 6.61. The minimum Gasteiger partial charge on any atom is -0.478 e. The molecule has 14 heteroatoms. The Labute approximate surface area is 335 Å². The van der Waals surface area contributed by atoms with Gasteiger partial charge in [0.1, 0.15) is 0 Å². The first-order valence-corrected chi connectivity index (χ1v) is 17.9. The van der Waals surface area contributed by atoms with Gasteiger partial charge >= 0.3 is 18.0 Å². The largest absolute Gasteiger partial charge is 0.478 e. The smallest absolute Gasteiger partial charge is 0.409 e. The van der Waals surface area contributed by atoms with Gasteiger partial charge in [0.05, 0.1) is 60.6 Å². The summed E-state index contributed by atoms with van der Waals surface area (Å²) in [5.41, 5.74) is 3.16. The summed E-state index contributed by atoms with van der Waals surface area (Å²) in [7, 11) is 0. The minimum absolute atomic E-state index is 0.000793. The lowest BCUT2D eigenvalue weighted by molar-refractivity contribution is 0.0686. The fourth-order valence-electron chi connectivity index (χ4n) is 6.61. The summed E-state index contributed by atoms with van der Waals surface area (Å²) in [6, 6.07) is 17.4. The number of ether oxygens (including phenoxy) is 1. The Morgan fingerprint density at radius 2 is 1.52 bits per heavy atom. The standard InChI is InChI=1S/C44H36N8O6/c1-4-58-44(57)52-23-21-51(22-24-52)41-31(7-5-9-35(25-45)39(37(27-47)49-2)29-11-17-33(18-12-29)42(53)54)15-16-32(41)8-6-10-36(26-46)40(38(28-48)50-3)30-13-19-34(20-14-30)43(55)56/h5-14,17-20,35,39,47H,4,15-16,21-24H2,1H3,(H,53,54)(H,55,56). The van der Waals surface area contributed by atoms with E-state index >= 15 is 0 Å². The Morgan fingerprint density at radius 1 is 0.897 bits per heavy atom. The highest BCUT2D eigenvalue weighted by molar-refractivity contribution is 5.91. The van der Waals surface area contributed by atoms with Crippen LogP contribution < -0.4 is 0 Å². The summed E-state index contributed by atoms with van der Waals surface area (Å²) in [6.07, 6.45) is 10.9. The molecular weight excluding hydrogens is 737 g/mol. The average Bonchev–Trinajstić information content (AvgIpc) is 3.65. The predicted octanol–water partition coefficient (Wildman–Crippen LogP) is 7.52. The van der Waals surface area contributed by atoms with Crippen molar-refractivity contribution in [2.45, 2.75) is 25.7 Å². The van der Waals surface area contributed by atoms with Crippen LogP contribution in [-0.4, -0.2) is 76.7 Å². The molecule has 1 aliphatic heterocycles. The lowest BCUT2D eigenvalue weighted by Crippen LogP contribution is -2.48. The number of nitrogens with zero attached hydrogens (tertiary/aromatic N) is 7. The third-order valence-electron chi connectivity index (χ3n) is 9.40. The van der Waals surface area contributed by atoms with Crippen LogP contribution in [0, 0.1) is 58.5 Å². The Bertz CT molecular complexity index is 2390. The maximum Gasteiger partial charge on any atom is 0.409 e. The van der Waals surface area contributed by atoms with E-state index in [1.807, 2.05) is 18.2 Å². The molecule has 0 aromatic heterocycles. The zero-order valence-corrected chi connectivity index (χ0v) is 31.3. The van der Waals surface area contributed by atoms with E-state index in [4.69, 9.17) is 23.3 Å². The molecule has 0 radical (unpaired) electrons. The number of nitriles is 3. The van der Waals surface area contributed by atoms with Crippen molar-refractivity contribution in [1.29, 1.82) is 21.2 Å². The van der Waals surface area contributed by atoms with Gasteiger partial charge in [-0.2, -0.15) is 10.5 Å². The number of nitrogens with one attached hydrogen (secondary N) is 1. The number of benzene rings is 2. The average molecular weight is 773 g/mol. The number of carbonyl (C=O) groups excluding carboxylic acids is 1. The fraction of sp³-hybridized carbons (Fsp3) is 0.227. The van der Waals surface area contributed by atoms with Gasteiger partial charge < -0.3 is 24.7 Å². The third kappa shape index (κ3) is 10.1. The van der Waals surface area contributed by atoms with Crippen LogP contribution in [0.4, 0.5) is 4.79 Å². The number of rotatable bonds is 13. The van der Waals surface area contributed by atoms with E-state index < -0.39 is 29.9 Å². The van der Waals surface area contributed by atoms with E-state index in [0.717, 1.165) is 16.8 Å². The Kier molecular flexibility index (Phi) is 15.0. The van der Waals surface area contributed by atoms with Crippen molar-refractivity contribution >= 4 is 29.5 Å². The molecule has 0 saturated carbocycles. The molecule has 2 aromatic carbocycles. The van der Waals surface area contributed by atoms with Crippen LogP contribution in [0.25, 0.3) is 15.3 Å². The molecule has 14 nitrogen and oxygen atoms in total. The SMILES string of the molecule is [C-]#[N+]C(=C=N)C(c1ccc(C(=O)O)cc1)C(C#N)C=CC=C1CCC(C=CC=C(C#N)C(=C(C#N)[N+]#[C-])c2ccc(C(=O)O)cc2)=C1N1CCN(C(=O)OCC)CC1. The molecule has 288 valence electrons. The van der Waals surface area contributed by atoms with Crippen LogP contribution in [0.1, 0.15) is 57.5 Å². The highest BCUT2D eigenvalue weighted by Crippen LogP contribution is 2.37. The van der Waals surface area contributed by atoms with Gasteiger partial charge in [-0.05, 0) is 78.2 Å². The van der Waals surface area contributed by atoms with E-state index in [1.54, 1.807) is 30.1 Å². The lowest BCUT2D eigenvalue weighted by Gasteiger charge is -2.37. The summed E-state index contributed by atoms with van der Waals surface area (Å²) >= 11 is 0. The highest BCUT2D eigenvalue weighted by atomic mass is 16.6. The van der Waals surface area contributed by atoms with Crippen molar-refractivity contribution in [3.63, 3.8) is 0 Å². The van der Waals surface area contributed by atoms with Crippen molar-refractivity contribution < 1.29 is 29.3 Å². The summed E-state index contributed by atoms with van der Waals surface area (Å²) in [5.74, 6) is -1.94. The molecule has 1 saturated heterocycles. The first-order valence-electron chi connectivity index (χ1n) is 17.9. The van der Waals surface area contributed by atoms with Crippen LogP contribution in [0.15, 0.2) is 119 Å².